The zero-order valence-corrected chi connectivity index (χ0v) is 17.3. The number of anilines is 1. The van der Waals surface area contributed by atoms with Crippen molar-refractivity contribution in [1.29, 1.82) is 0 Å². The zero-order valence-electron chi connectivity index (χ0n) is 16.4. The normalized spacial score (nSPS) is 15.5. The average molecular weight is 440 g/mol. The Morgan fingerprint density at radius 3 is 2.33 bits per heavy atom. The Bertz CT molecular complexity index is 1010. The van der Waals surface area contributed by atoms with E-state index in [1.54, 1.807) is 20.8 Å². The summed E-state index contributed by atoms with van der Waals surface area (Å²) in [4.78, 5) is 42.3. The lowest BCUT2D eigenvalue weighted by atomic mass is 9.93. The first-order valence-corrected chi connectivity index (χ1v) is 9.99. The molecular formula is C19H19F3N4O3S. The highest BCUT2D eigenvalue weighted by Gasteiger charge is 2.49. The minimum absolute atomic E-state index is 0.0277. The summed E-state index contributed by atoms with van der Waals surface area (Å²) < 4.78 is 41.3. The summed E-state index contributed by atoms with van der Waals surface area (Å²) in [5.74, 6) is -4.47. The Morgan fingerprint density at radius 1 is 1.20 bits per heavy atom. The van der Waals surface area contributed by atoms with Crippen molar-refractivity contribution in [3.63, 3.8) is 0 Å². The Balaban J connectivity index is 1.77. The molecule has 0 saturated carbocycles. The Hall–Kier alpha value is -2.95. The van der Waals surface area contributed by atoms with E-state index in [9.17, 15) is 27.6 Å². The Labute approximate surface area is 174 Å². The minimum atomic E-state index is -1.12. The molecule has 0 radical (unpaired) electrons. The molecule has 11 heteroatoms. The van der Waals surface area contributed by atoms with Crippen LogP contribution in [-0.2, 0) is 9.59 Å². The summed E-state index contributed by atoms with van der Waals surface area (Å²) in [6.45, 7) is 4.54. The number of hydrogen-bond donors (Lipinski definition) is 2. The third-order valence-corrected chi connectivity index (χ3v) is 5.93. The quantitative estimate of drug-likeness (QED) is 0.672. The van der Waals surface area contributed by atoms with Crippen molar-refractivity contribution >= 4 is 34.3 Å². The van der Waals surface area contributed by atoms with Gasteiger partial charge in [0.2, 0.25) is 5.91 Å². The molecule has 0 atom stereocenters. The highest BCUT2D eigenvalue weighted by Crippen LogP contribution is 2.34. The van der Waals surface area contributed by atoms with Gasteiger partial charge < -0.3 is 10.6 Å². The summed E-state index contributed by atoms with van der Waals surface area (Å²) in [6.07, 6.45) is 0.770. The first-order chi connectivity index (χ1) is 14.1. The molecule has 1 aromatic carbocycles. The summed E-state index contributed by atoms with van der Waals surface area (Å²) in [5, 5.41) is 5.08. The van der Waals surface area contributed by atoms with Crippen LogP contribution in [0, 0.1) is 24.4 Å². The lowest BCUT2D eigenvalue weighted by Gasteiger charge is -2.22. The fourth-order valence-electron chi connectivity index (χ4n) is 3.30. The number of amides is 4. The smallest absolute Gasteiger partial charge is 0.323 e. The summed E-state index contributed by atoms with van der Waals surface area (Å²) in [7, 11) is 0. The third-order valence-electron chi connectivity index (χ3n) is 5.04. The SMILES string of the molecule is CCC1(CC)NC(=O)N(CC(=O)Nc2nc(-c3c(F)cc(F)cc3F)c(C)s2)C1=O. The Morgan fingerprint density at radius 2 is 1.80 bits per heavy atom. The lowest BCUT2D eigenvalue weighted by Crippen LogP contribution is -2.46. The van der Waals surface area contributed by atoms with E-state index < -0.39 is 52.9 Å². The van der Waals surface area contributed by atoms with Crippen molar-refractivity contribution in [1.82, 2.24) is 15.2 Å². The van der Waals surface area contributed by atoms with E-state index >= 15 is 0 Å². The van der Waals surface area contributed by atoms with Crippen molar-refractivity contribution in [2.45, 2.75) is 39.2 Å². The van der Waals surface area contributed by atoms with Gasteiger partial charge in [0.15, 0.2) is 5.13 Å². The van der Waals surface area contributed by atoms with Crippen LogP contribution in [0.1, 0.15) is 31.6 Å². The van der Waals surface area contributed by atoms with E-state index in [0.717, 1.165) is 16.2 Å². The monoisotopic (exact) mass is 440 g/mol. The van der Waals surface area contributed by atoms with E-state index in [0.29, 0.717) is 29.9 Å². The predicted octanol–water partition coefficient (Wildman–Crippen LogP) is 3.58. The number of nitrogens with one attached hydrogen (secondary N) is 2. The van der Waals surface area contributed by atoms with Crippen molar-refractivity contribution in [3.8, 4) is 11.3 Å². The van der Waals surface area contributed by atoms with Crippen LogP contribution in [-0.4, -0.2) is 39.8 Å². The molecule has 1 aliphatic heterocycles. The molecule has 1 fully saturated rings. The lowest BCUT2D eigenvalue weighted by molar-refractivity contribution is -0.134. The second-order valence-electron chi connectivity index (χ2n) is 6.83. The number of aryl methyl sites for hydroxylation is 1. The number of nitrogens with zero attached hydrogens (tertiary/aromatic N) is 2. The molecule has 1 aliphatic rings. The second-order valence-corrected chi connectivity index (χ2v) is 8.03. The van der Waals surface area contributed by atoms with Crippen molar-refractivity contribution in [2.75, 3.05) is 11.9 Å². The van der Waals surface area contributed by atoms with Crippen LogP contribution in [0.3, 0.4) is 0 Å². The molecule has 3 rings (SSSR count). The molecule has 0 spiro atoms. The van der Waals surface area contributed by atoms with Gasteiger partial charge in [-0.2, -0.15) is 0 Å². The van der Waals surface area contributed by atoms with Crippen LogP contribution in [0.4, 0.5) is 23.1 Å². The van der Waals surface area contributed by atoms with E-state index in [1.807, 2.05) is 0 Å². The van der Waals surface area contributed by atoms with Crippen LogP contribution >= 0.6 is 11.3 Å². The molecule has 2 aromatic rings. The summed E-state index contributed by atoms with van der Waals surface area (Å²) in [5.41, 5.74) is -1.60. The first-order valence-electron chi connectivity index (χ1n) is 9.18. The number of hydrogen-bond acceptors (Lipinski definition) is 5. The number of imide groups is 1. The van der Waals surface area contributed by atoms with Gasteiger partial charge in [-0.1, -0.05) is 13.8 Å². The number of aromatic nitrogens is 1. The van der Waals surface area contributed by atoms with Gasteiger partial charge in [-0.15, -0.1) is 11.3 Å². The number of carbonyl (C=O) groups is 3. The molecule has 0 bridgehead atoms. The van der Waals surface area contributed by atoms with Gasteiger partial charge in [-0.25, -0.2) is 22.9 Å². The molecule has 30 heavy (non-hydrogen) atoms. The van der Waals surface area contributed by atoms with Gasteiger partial charge in [0.25, 0.3) is 5.91 Å². The molecule has 1 aromatic heterocycles. The molecular weight excluding hydrogens is 421 g/mol. The topological polar surface area (TPSA) is 91.4 Å². The third kappa shape index (κ3) is 3.76. The van der Waals surface area contributed by atoms with E-state index in [2.05, 4.69) is 15.6 Å². The maximum absolute atomic E-state index is 14.1. The van der Waals surface area contributed by atoms with Gasteiger partial charge >= 0.3 is 6.03 Å². The number of rotatable bonds is 6. The van der Waals surface area contributed by atoms with Crippen LogP contribution < -0.4 is 10.6 Å². The van der Waals surface area contributed by atoms with E-state index in [1.165, 1.54) is 0 Å². The number of carbonyl (C=O) groups excluding carboxylic acids is 3. The molecule has 2 heterocycles. The van der Waals surface area contributed by atoms with Crippen molar-refractivity contribution in [2.24, 2.45) is 0 Å². The van der Waals surface area contributed by atoms with Gasteiger partial charge in [-0.05, 0) is 19.8 Å². The highest BCUT2D eigenvalue weighted by atomic mass is 32.1. The molecule has 0 unspecified atom stereocenters. The fourth-order valence-corrected chi connectivity index (χ4v) is 4.14. The first kappa shape index (κ1) is 21.8. The molecule has 7 nitrogen and oxygen atoms in total. The number of urea groups is 1. The molecule has 4 amide bonds. The maximum atomic E-state index is 14.1. The number of thiazole rings is 1. The van der Waals surface area contributed by atoms with Gasteiger partial charge in [0.05, 0.1) is 11.3 Å². The van der Waals surface area contributed by atoms with Gasteiger partial charge in [0.1, 0.15) is 29.5 Å². The molecule has 0 aliphatic carbocycles. The summed E-state index contributed by atoms with van der Waals surface area (Å²) >= 11 is 0.953. The van der Waals surface area contributed by atoms with Crippen LogP contribution in [0.5, 0.6) is 0 Å². The Kier molecular flexibility index (Phi) is 5.84. The molecule has 2 N–H and O–H groups in total. The van der Waals surface area contributed by atoms with Crippen LogP contribution in [0.15, 0.2) is 12.1 Å². The fraction of sp³-hybridized carbons (Fsp3) is 0.368. The predicted molar refractivity (Wildman–Crippen MR) is 104 cm³/mol. The summed E-state index contributed by atoms with van der Waals surface area (Å²) in [6, 6.07) is 0.423. The van der Waals surface area contributed by atoms with Gasteiger partial charge in [-0.3, -0.25) is 14.5 Å². The van der Waals surface area contributed by atoms with Crippen molar-refractivity contribution in [3.05, 3.63) is 34.5 Å². The van der Waals surface area contributed by atoms with Crippen LogP contribution in [0.25, 0.3) is 11.3 Å². The molecule has 1 saturated heterocycles. The molecule has 160 valence electrons. The van der Waals surface area contributed by atoms with Gasteiger partial charge in [0, 0.05) is 17.0 Å². The zero-order chi connectivity index (χ0) is 22.2. The maximum Gasteiger partial charge on any atom is 0.325 e. The standard InChI is InChI=1S/C19H19F3N4O3S/c1-4-19(5-2)16(28)26(18(29)25-19)8-13(27)23-17-24-15(9(3)30-17)14-11(21)6-10(20)7-12(14)22/h6-7H,4-5,8H2,1-3H3,(H,25,29)(H,23,24,27). The number of halogens is 3. The highest BCUT2D eigenvalue weighted by molar-refractivity contribution is 7.16. The van der Waals surface area contributed by atoms with E-state index in [4.69, 9.17) is 0 Å². The minimum Gasteiger partial charge on any atom is -0.323 e. The van der Waals surface area contributed by atoms with Crippen LogP contribution in [0.2, 0.25) is 0 Å². The average Bonchev–Trinajstić information content (AvgIpc) is 3.13. The largest absolute Gasteiger partial charge is 0.325 e. The second kappa shape index (κ2) is 8.05. The van der Waals surface area contributed by atoms with E-state index in [-0.39, 0.29) is 10.8 Å². The number of benzene rings is 1. The van der Waals surface area contributed by atoms with Crippen molar-refractivity contribution < 1.29 is 27.6 Å².